The summed E-state index contributed by atoms with van der Waals surface area (Å²) in [5.74, 6) is -0.287. The number of carbonyl (C=O) groups excluding carboxylic acids is 2. The fraction of sp³-hybridized carbons (Fsp3) is 0.692. The molecule has 1 aromatic carbocycles. The summed E-state index contributed by atoms with van der Waals surface area (Å²) in [4.78, 5) is 27.9. The van der Waals surface area contributed by atoms with Crippen LogP contribution >= 0.6 is 0 Å². The lowest BCUT2D eigenvalue weighted by Crippen LogP contribution is -2.48. The first kappa shape index (κ1) is 25.3. The number of likely N-dealkylation sites (tertiary alicyclic amines) is 1. The molecule has 1 saturated carbocycles. The van der Waals surface area contributed by atoms with Crippen LogP contribution in [0.2, 0.25) is 0 Å². The standard InChI is InChI=1S/C26H40N2O5/c1-16(2)12-22(26(32)33-19-9-5-6-10-19)27-15-18-8-7-11-28(18)25(31)21-13-20(17(3)4)23(29)14-24(21)30/h13-14,16-19,22,27,29-30H,5-12,15H2,1-4H3/t18?,22-/m0/s1. The highest BCUT2D eigenvalue weighted by Gasteiger charge is 2.33. The van der Waals surface area contributed by atoms with E-state index in [4.69, 9.17) is 4.74 Å². The van der Waals surface area contributed by atoms with Crippen LogP contribution in [0.3, 0.4) is 0 Å². The Morgan fingerprint density at radius 1 is 1.06 bits per heavy atom. The average molecular weight is 461 g/mol. The Bertz CT molecular complexity index is 832. The topological polar surface area (TPSA) is 99.1 Å². The van der Waals surface area contributed by atoms with E-state index in [-0.39, 0.29) is 47.0 Å². The van der Waals surface area contributed by atoms with Crippen molar-refractivity contribution in [2.75, 3.05) is 13.1 Å². The van der Waals surface area contributed by atoms with E-state index in [9.17, 15) is 19.8 Å². The molecule has 3 N–H and O–H groups in total. The molecular weight excluding hydrogens is 420 g/mol. The monoisotopic (exact) mass is 460 g/mol. The van der Waals surface area contributed by atoms with E-state index in [1.807, 2.05) is 13.8 Å². The molecule has 1 aliphatic heterocycles. The minimum atomic E-state index is -0.391. The van der Waals surface area contributed by atoms with E-state index < -0.39 is 6.04 Å². The number of hydrogen-bond donors (Lipinski definition) is 3. The van der Waals surface area contributed by atoms with Crippen LogP contribution in [-0.2, 0) is 9.53 Å². The third-order valence-electron chi connectivity index (χ3n) is 6.81. The number of nitrogens with zero attached hydrogens (tertiary/aromatic N) is 1. The first-order valence-electron chi connectivity index (χ1n) is 12.5. The van der Waals surface area contributed by atoms with Crippen molar-refractivity contribution in [1.82, 2.24) is 10.2 Å². The molecule has 2 fully saturated rings. The van der Waals surface area contributed by atoms with E-state index in [0.717, 1.165) is 38.5 Å². The summed E-state index contributed by atoms with van der Waals surface area (Å²) >= 11 is 0. The van der Waals surface area contributed by atoms with Gasteiger partial charge in [0.25, 0.3) is 5.91 Å². The molecule has 1 aliphatic carbocycles. The number of ether oxygens (including phenoxy) is 1. The van der Waals surface area contributed by atoms with E-state index in [1.165, 1.54) is 6.07 Å². The molecule has 3 rings (SSSR count). The normalized spacial score (nSPS) is 20.1. The molecule has 7 heteroatoms. The number of benzene rings is 1. The molecule has 1 heterocycles. The van der Waals surface area contributed by atoms with Gasteiger partial charge in [0.1, 0.15) is 23.6 Å². The van der Waals surface area contributed by atoms with E-state index >= 15 is 0 Å². The molecule has 7 nitrogen and oxygen atoms in total. The average Bonchev–Trinajstić information content (AvgIpc) is 3.42. The molecule has 1 saturated heterocycles. The van der Waals surface area contributed by atoms with Crippen LogP contribution in [0.1, 0.15) is 94.5 Å². The molecule has 0 radical (unpaired) electrons. The number of esters is 1. The van der Waals surface area contributed by atoms with Crippen molar-refractivity contribution in [2.45, 2.75) is 96.7 Å². The van der Waals surface area contributed by atoms with Crippen LogP contribution in [-0.4, -0.2) is 58.3 Å². The Morgan fingerprint density at radius 2 is 1.76 bits per heavy atom. The summed E-state index contributed by atoms with van der Waals surface area (Å²) in [5, 5.41) is 23.9. The largest absolute Gasteiger partial charge is 0.508 e. The maximum Gasteiger partial charge on any atom is 0.323 e. The van der Waals surface area contributed by atoms with Gasteiger partial charge in [-0.2, -0.15) is 0 Å². The van der Waals surface area contributed by atoms with Gasteiger partial charge in [-0.25, -0.2) is 0 Å². The Hall–Kier alpha value is -2.28. The quantitative estimate of drug-likeness (QED) is 0.475. The predicted molar refractivity (Wildman–Crippen MR) is 128 cm³/mol. The molecule has 2 aliphatic rings. The molecule has 1 amide bonds. The summed E-state index contributed by atoms with van der Waals surface area (Å²) in [6, 6.07) is 2.39. The van der Waals surface area contributed by atoms with Crippen molar-refractivity contribution in [2.24, 2.45) is 5.92 Å². The molecule has 0 aromatic heterocycles. The van der Waals surface area contributed by atoms with Gasteiger partial charge in [0.2, 0.25) is 0 Å². The van der Waals surface area contributed by atoms with Gasteiger partial charge in [-0.05, 0) is 68.4 Å². The summed E-state index contributed by atoms with van der Waals surface area (Å²) in [5.41, 5.74) is 0.847. The second-order valence-electron chi connectivity index (χ2n) is 10.3. The number of aromatic hydroxyl groups is 2. The molecule has 0 spiro atoms. The molecular formula is C26H40N2O5. The van der Waals surface area contributed by atoms with Crippen LogP contribution in [0.4, 0.5) is 0 Å². The zero-order chi connectivity index (χ0) is 24.1. The van der Waals surface area contributed by atoms with Crippen molar-refractivity contribution < 1.29 is 24.5 Å². The van der Waals surface area contributed by atoms with Crippen LogP contribution < -0.4 is 5.32 Å². The van der Waals surface area contributed by atoms with Gasteiger partial charge in [0.15, 0.2) is 0 Å². The van der Waals surface area contributed by atoms with Gasteiger partial charge in [-0.3, -0.25) is 9.59 Å². The van der Waals surface area contributed by atoms with Crippen LogP contribution in [0, 0.1) is 5.92 Å². The van der Waals surface area contributed by atoms with Gasteiger partial charge in [-0.1, -0.05) is 27.7 Å². The summed E-state index contributed by atoms with van der Waals surface area (Å²) in [6.45, 7) is 9.14. The minimum Gasteiger partial charge on any atom is -0.508 e. The summed E-state index contributed by atoms with van der Waals surface area (Å²) in [7, 11) is 0. The van der Waals surface area contributed by atoms with Gasteiger partial charge in [0.05, 0.1) is 5.56 Å². The number of carbonyl (C=O) groups is 2. The number of nitrogens with one attached hydrogen (secondary N) is 1. The van der Waals surface area contributed by atoms with Crippen molar-refractivity contribution in [1.29, 1.82) is 0 Å². The molecule has 1 unspecified atom stereocenters. The SMILES string of the molecule is CC(C)C[C@H](NCC1CCCN1C(=O)c1cc(C(C)C)c(O)cc1O)C(=O)OC1CCCC1. The highest BCUT2D eigenvalue weighted by atomic mass is 16.5. The van der Waals surface area contributed by atoms with Crippen molar-refractivity contribution in [3.8, 4) is 11.5 Å². The second kappa shape index (κ2) is 11.2. The van der Waals surface area contributed by atoms with Crippen molar-refractivity contribution in [3.63, 3.8) is 0 Å². The van der Waals surface area contributed by atoms with Crippen molar-refractivity contribution in [3.05, 3.63) is 23.3 Å². The van der Waals surface area contributed by atoms with Gasteiger partial charge in [0, 0.05) is 25.2 Å². The second-order valence-corrected chi connectivity index (χ2v) is 10.3. The molecule has 184 valence electrons. The lowest BCUT2D eigenvalue weighted by atomic mass is 9.98. The Kier molecular flexibility index (Phi) is 8.63. The number of hydrogen-bond acceptors (Lipinski definition) is 6. The zero-order valence-corrected chi connectivity index (χ0v) is 20.5. The molecule has 1 aromatic rings. The minimum absolute atomic E-state index is 0.00371. The van der Waals surface area contributed by atoms with Gasteiger partial charge in [-0.15, -0.1) is 0 Å². The fourth-order valence-corrected chi connectivity index (χ4v) is 4.96. The number of phenolic OH excluding ortho intramolecular Hbond substituents is 2. The van der Waals surface area contributed by atoms with Crippen LogP contribution in [0.15, 0.2) is 12.1 Å². The molecule has 2 atom stereocenters. The van der Waals surface area contributed by atoms with E-state index in [0.29, 0.717) is 31.0 Å². The third-order valence-corrected chi connectivity index (χ3v) is 6.81. The Labute approximate surface area is 197 Å². The van der Waals surface area contributed by atoms with E-state index in [1.54, 1.807) is 11.0 Å². The van der Waals surface area contributed by atoms with Gasteiger partial charge >= 0.3 is 5.97 Å². The predicted octanol–water partition coefficient (Wildman–Crippen LogP) is 4.32. The summed E-state index contributed by atoms with van der Waals surface area (Å²) < 4.78 is 5.76. The number of amides is 1. The maximum absolute atomic E-state index is 13.3. The Morgan fingerprint density at radius 3 is 2.39 bits per heavy atom. The maximum atomic E-state index is 13.3. The van der Waals surface area contributed by atoms with Crippen LogP contribution in [0.25, 0.3) is 0 Å². The highest BCUT2D eigenvalue weighted by Crippen LogP contribution is 2.34. The zero-order valence-electron chi connectivity index (χ0n) is 20.5. The van der Waals surface area contributed by atoms with Gasteiger partial charge < -0.3 is 25.2 Å². The first-order valence-corrected chi connectivity index (χ1v) is 12.5. The van der Waals surface area contributed by atoms with Crippen molar-refractivity contribution >= 4 is 11.9 Å². The Balaban J connectivity index is 1.68. The van der Waals surface area contributed by atoms with Crippen LogP contribution in [0.5, 0.6) is 11.5 Å². The van der Waals surface area contributed by atoms with E-state index in [2.05, 4.69) is 19.2 Å². The fourth-order valence-electron chi connectivity index (χ4n) is 4.96. The molecule has 33 heavy (non-hydrogen) atoms. The highest BCUT2D eigenvalue weighted by molar-refractivity contribution is 5.97. The summed E-state index contributed by atoms with van der Waals surface area (Å²) in [6.07, 6.45) is 6.54. The number of rotatable bonds is 9. The first-order chi connectivity index (χ1) is 15.7. The smallest absolute Gasteiger partial charge is 0.323 e. The third kappa shape index (κ3) is 6.40. The number of phenols is 2. The lowest BCUT2D eigenvalue weighted by Gasteiger charge is -2.28. The lowest BCUT2D eigenvalue weighted by molar-refractivity contribution is -0.151. The molecule has 0 bridgehead atoms.